The van der Waals surface area contributed by atoms with Crippen LogP contribution >= 0.6 is 38.6 Å². The number of carbonyl (C=O) groups is 1. The number of likely N-dealkylation sites (N-methyl/N-ethyl adjacent to an activating group) is 1. The molecule has 0 saturated heterocycles. The van der Waals surface area contributed by atoms with E-state index in [1.165, 1.54) is 44.8 Å². The van der Waals surface area contributed by atoms with Crippen molar-refractivity contribution < 1.29 is 9.18 Å². The van der Waals surface area contributed by atoms with Gasteiger partial charge in [-0.25, -0.2) is 4.39 Å². The Kier molecular flexibility index (Phi) is 6.63. The zero-order valence-electron chi connectivity index (χ0n) is 16.3. The maximum Gasteiger partial charge on any atom is 0.255 e. The molecule has 0 bridgehead atoms. The summed E-state index contributed by atoms with van der Waals surface area (Å²) in [6, 6.07) is 13.7. The minimum absolute atomic E-state index is 0.243. The van der Waals surface area contributed by atoms with Gasteiger partial charge in [-0.3, -0.25) is 4.79 Å². The largest absolute Gasteiger partial charge is 0.322 e. The van der Waals surface area contributed by atoms with Crippen LogP contribution in [-0.2, 0) is 13.0 Å². The first kappa shape index (κ1) is 21.2. The maximum absolute atomic E-state index is 13.1. The van der Waals surface area contributed by atoms with Crippen molar-refractivity contribution in [3.05, 3.63) is 85.6 Å². The zero-order valence-corrected chi connectivity index (χ0v) is 19.5. The molecule has 0 radical (unpaired) electrons. The first-order chi connectivity index (χ1) is 14.5. The second kappa shape index (κ2) is 9.39. The number of fused-ring (bicyclic) bond motifs is 1. The second-order valence-electron chi connectivity index (χ2n) is 7.15. The number of nitrogens with zero attached hydrogens (tertiary/aromatic N) is 1. The van der Waals surface area contributed by atoms with Crippen LogP contribution in [0.4, 0.5) is 10.1 Å². The first-order valence-electron chi connectivity index (χ1n) is 9.46. The first-order valence-corrected chi connectivity index (χ1v) is 12.0. The van der Waals surface area contributed by atoms with Gasteiger partial charge >= 0.3 is 0 Å². The Labute approximate surface area is 191 Å². The third kappa shape index (κ3) is 5.16. The fourth-order valence-corrected chi connectivity index (χ4v) is 5.76. The fraction of sp³-hybridized carbons (Fsp3) is 0.174. The van der Waals surface area contributed by atoms with Crippen molar-refractivity contribution in [2.45, 2.75) is 13.0 Å². The molecule has 1 amide bonds. The van der Waals surface area contributed by atoms with Gasteiger partial charge < -0.3 is 10.2 Å². The van der Waals surface area contributed by atoms with Crippen molar-refractivity contribution in [2.75, 3.05) is 18.9 Å². The summed E-state index contributed by atoms with van der Waals surface area (Å²) in [5.41, 5.74) is 2.46. The standard InChI is InChI=1S/C23H20BrFN2OS2/c1-27(12-20-10-17(24)14-29-20)9-8-16-13-30-22-7-6-19(11-21(16)22)26-23(28)15-2-4-18(25)5-3-15/h2-7,10-11,13-14H,8-9,12H2,1H3,(H,26,28). The van der Waals surface area contributed by atoms with Crippen LogP contribution in [0, 0.1) is 5.82 Å². The van der Waals surface area contributed by atoms with Crippen molar-refractivity contribution in [1.29, 1.82) is 0 Å². The van der Waals surface area contributed by atoms with Crippen molar-refractivity contribution >= 4 is 60.3 Å². The summed E-state index contributed by atoms with van der Waals surface area (Å²) in [6.07, 6.45) is 0.943. The molecule has 154 valence electrons. The molecular weight excluding hydrogens is 483 g/mol. The van der Waals surface area contributed by atoms with Crippen LogP contribution in [-0.4, -0.2) is 24.4 Å². The number of rotatable bonds is 7. The zero-order chi connectivity index (χ0) is 21.1. The van der Waals surface area contributed by atoms with Crippen LogP contribution in [0.25, 0.3) is 10.1 Å². The molecule has 2 aromatic carbocycles. The van der Waals surface area contributed by atoms with Crippen molar-refractivity contribution in [3.8, 4) is 0 Å². The van der Waals surface area contributed by atoms with E-state index in [4.69, 9.17) is 0 Å². The van der Waals surface area contributed by atoms with E-state index in [0.717, 1.165) is 29.7 Å². The molecule has 0 unspecified atom stereocenters. The second-order valence-corrected chi connectivity index (χ2v) is 9.97. The molecule has 2 heterocycles. The van der Waals surface area contributed by atoms with Gasteiger partial charge in [0.1, 0.15) is 5.82 Å². The average Bonchev–Trinajstić information content (AvgIpc) is 3.32. The molecule has 4 aromatic rings. The number of amides is 1. The number of benzene rings is 2. The Morgan fingerprint density at radius 2 is 1.90 bits per heavy atom. The van der Waals surface area contributed by atoms with Crippen LogP contribution in [0.3, 0.4) is 0 Å². The minimum atomic E-state index is -0.354. The predicted molar refractivity (Wildman–Crippen MR) is 128 cm³/mol. The molecular formula is C23H20BrFN2OS2. The number of halogens is 2. The summed E-state index contributed by atoms with van der Waals surface area (Å²) in [4.78, 5) is 16.1. The van der Waals surface area contributed by atoms with Crippen molar-refractivity contribution in [3.63, 3.8) is 0 Å². The van der Waals surface area contributed by atoms with Gasteiger partial charge in [-0.1, -0.05) is 0 Å². The van der Waals surface area contributed by atoms with Crippen LogP contribution < -0.4 is 5.32 Å². The lowest BCUT2D eigenvalue weighted by molar-refractivity contribution is 0.102. The van der Waals surface area contributed by atoms with Crippen LogP contribution in [0.1, 0.15) is 20.8 Å². The minimum Gasteiger partial charge on any atom is -0.322 e. The number of nitrogens with one attached hydrogen (secondary N) is 1. The van der Waals surface area contributed by atoms with E-state index >= 15 is 0 Å². The van der Waals surface area contributed by atoms with E-state index < -0.39 is 0 Å². The van der Waals surface area contributed by atoms with Gasteiger partial charge in [0.25, 0.3) is 5.91 Å². The van der Waals surface area contributed by atoms with E-state index in [1.54, 1.807) is 22.7 Å². The van der Waals surface area contributed by atoms with E-state index in [2.05, 4.69) is 50.0 Å². The molecule has 1 N–H and O–H groups in total. The lowest BCUT2D eigenvalue weighted by atomic mass is 10.1. The summed E-state index contributed by atoms with van der Waals surface area (Å²) in [6.45, 7) is 1.88. The quantitative estimate of drug-likeness (QED) is 0.301. The number of anilines is 1. The third-order valence-corrected chi connectivity index (χ3v) is 7.52. The SMILES string of the molecule is CN(CCc1csc2ccc(NC(=O)c3ccc(F)cc3)cc12)Cc1cc(Br)cs1. The highest BCUT2D eigenvalue weighted by Crippen LogP contribution is 2.29. The molecule has 0 saturated carbocycles. The summed E-state index contributed by atoms with van der Waals surface area (Å²) in [5, 5.41) is 8.40. The highest BCUT2D eigenvalue weighted by molar-refractivity contribution is 9.10. The molecule has 0 aliphatic carbocycles. The molecule has 7 heteroatoms. The van der Waals surface area contributed by atoms with Gasteiger partial charge in [0.2, 0.25) is 0 Å². The highest BCUT2D eigenvalue weighted by Gasteiger charge is 2.10. The van der Waals surface area contributed by atoms with Crippen LogP contribution in [0.5, 0.6) is 0 Å². The van der Waals surface area contributed by atoms with Gasteiger partial charge in [-0.2, -0.15) is 0 Å². The van der Waals surface area contributed by atoms with Gasteiger partial charge in [0.05, 0.1) is 0 Å². The Bertz CT molecular complexity index is 1170. The normalized spacial score (nSPS) is 11.3. The van der Waals surface area contributed by atoms with Gasteiger partial charge in [0.15, 0.2) is 0 Å². The smallest absolute Gasteiger partial charge is 0.255 e. The van der Waals surface area contributed by atoms with Gasteiger partial charge in [-0.05, 0) is 94.3 Å². The van der Waals surface area contributed by atoms with Crippen molar-refractivity contribution in [2.24, 2.45) is 0 Å². The molecule has 3 nitrogen and oxygen atoms in total. The molecule has 0 spiro atoms. The summed E-state index contributed by atoms with van der Waals surface area (Å²) in [7, 11) is 2.14. The number of carbonyl (C=O) groups excluding carboxylic acids is 1. The van der Waals surface area contributed by atoms with Gasteiger partial charge in [-0.15, -0.1) is 22.7 Å². The Morgan fingerprint density at radius 3 is 2.63 bits per heavy atom. The Morgan fingerprint density at radius 1 is 1.10 bits per heavy atom. The molecule has 30 heavy (non-hydrogen) atoms. The molecule has 0 atom stereocenters. The Balaban J connectivity index is 1.43. The maximum atomic E-state index is 13.1. The number of thiophene rings is 2. The van der Waals surface area contributed by atoms with E-state index in [-0.39, 0.29) is 11.7 Å². The van der Waals surface area contributed by atoms with Crippen LogP contribution in [0.2, 0.25) is 0 Å². The molecule has 2 aromatic heterocycles. The monoisotopic (exact) mass is 502 g/mol. The van der Waals surface area contributed by atoms with E-state index in [9.17, 15) is 9.18 Å². The van der Waals surface area contributed by atoms with Crippen molar-refractivity contribution in [1.82, 2.24) is 4.90 Å². The average molecular weight is 503 g/mol. The van der Waals surface area contributed by atoms with Gasteiger partial charge in [0, 0.05) is 43.8 Å². The Hall–Kier alpha value is -2.06. The predicted octanol–water partition coefficient (Wildman–Crippen LogP) is 6.79. The molecule has 0 fully saturated rings. The number of hydrogen-bond donors (Lipinski definition) is 1. The lowest BCUT2D eigenvalue weighted by Gasteiger charge is -2.15. The lowest BCUT2D eigenvalue weighted by Crippen LogP contribution is -2.20. The highest BCUT2D eigenvalue weighted by atomic mass is 79.9. The molecule has 4 rings (SSSR count). The summed E-state index contributed by atoms with van der Waals surface area (Å²) < 4.78 is 15.4. The number of hydrogen-bond acceptors (Lipinski definition) is 4. The van der Waals surface area contributed by atoms with E-state index in [0.29, 0.717) is 5.56 Å². The summed E-state index contributed by atoms with van der Waals surface area (Å²) in [5.74, 6) is -0.597. The summed E-state index contributed by atoms with van der Waals surface area (Å²) >= 11 is 6.99. The topological polar surface area (TPSA) is 32.3 Å². The molecule has 0 aliphatic rings. The van der Waals surface area contributed by atoms with E-state index in [1.807, 2.05) is 18.2 Å². The van der Waals surface area contributed by atoms with Crippen LogP contribution in [0.15, 0.2) is 63.8 Å². The third-order valence-electron chi connectivity index (χ3n) is 4.83. The molecule has 0 aliphatic heterocycles. The fourth-order valence-electron chi connectivity index (χ4n) is 3.25.